The van der Waals surface area contributed by atoms with Crippen LogP contribution in [0.5, 0.6) is 0 Å². The summed E-state index contributed by atoms with van der Waals surface area (Å²) in [5.41, 5.74) is 0.376. The summed E-state index contributed by atoms with van der Waals surface area (Å²) in [6.07, 6.45) is -4.59. The quantitative estimate of drug-likeness (QED) is 0.749. The molecule has 0 fully saturated rings. The van der Waals surface area contributed by atoms with Crippen LogP contribution in [-0.2, 0) is 18.0 Å². The van der Waals surface area contributed by atoms with Gasteiger partial charge >= 0.3 is 6.18 Å². The molecule has 0 aliphatic carbocycles. The minimum Gasteiger partial charge on any atom is -0.456 e. The molecule has 1 unspecified atom stereocenters. The molecule has 0 bridgehead atoms. The molecule has 2 aromatic heterocycles. The molecule has 7 heteroatoms. The number of hydrogen-bond donors (Lipinski definition) is 1. The Bertz CT molecular complexity index is 1070. The fourth-order valence-electron chi connectivity index (χ4n) is 2.83. The number of hydrogen-bond acceptors (Lipinski definition) is 3. The third-order valence-corrected chi connectivity index (χ3v) is 4.38. The van der Waals surface area contributed by atoms with E-state index in [0.717, 1.165) is 11.5 Å². The number of halogens is 3. The minimum absolute atomic E-state index is 0.0266. The number of rotatable bonds is 3. The van der Waals surface area contributed by atoms with Crippen LogP contribution in [0.25, 0.3) is 10.9 Å². The van der Waals surface area contributed by atoms with E-state index >= 15 is 0 Å². The van der Waals surface area contributed by atoms with Crippen LogP contribution in [-0.4, -0.2) is 4.98 Å². The van der Waals surface area contributed by atoms with Gasteiger partial charge < -0.3 is 9.40 Å². The van der Waals surface area contributed by atoms with Gasteiger partial charge in [-0.1, -0.05) is 12.1 Å². The van der Waals surface area contributed by atoms with Gasteiger partial charge in [0.05, 0.1) is 11.5 Å². The molecule has 1 N–H and O–H groups in total. The molecule has 0 amide bonds. The van der Waals surface area contributed by atoms with Crippen molar-refractivity contribution in [2.24, 2.45) is 0 Å². The van der Waals surface area contributed by atoms with Crippen LogP contribution in [0, 0.1) is 18.3 Å². The Morgan fingerprint density at radius 1 is 1.19 bits per heavy atom. The number of aromatic amines is 1. The fraction of sp³-hybridized carbons (Fsp3) is 0.263. The van der Waals surface area contributed by atoms with Gasteiger partial charge in [-0.2, -0.15) is 18.4 Å². The van der Waals surface area contributed by atoms with Gasteiger partial charge in [0.15, 0.2) is 0 Å². The first-order valence-corrected chi connectivity index (χ1v) is 7.84. The molecule has 2 heterocycles. The van der Waals surface area contributed by atoms with Gasteiger partial charge in [0.25, 0.3) is 5.56 Å². The summed E-state index contributed by atoms with van der Waals surface area (Å²) in [6.45, 7) is 3.32. The van der Waals surface area contributed by atoms with Crippen molar-refractivity contribution in [2.45, 2.75) is 31.9 Å². The lowest BCUT2D eigenvalue weighted by molar-refractivity contribution is -0.153. The van der Waals surface area contributed by atoms with Gasteiger partial charge in [0.1, 0.15) is 5.76 Å². The second-order valence-electron chi connectivity index (χ2n) is 6.47. The molecule has 26 heavy (non-hydrogen) atoms. The number of furan rings is 1. The maximum Gasteiger partial charge on any atom is 0.449 e. The lowest BCUT2D eigenvalue weighted by atomic mass is 9.80. The van der Waals surface area contributed by atoms with Crippen LogP contribution in [0.1, 0.15) is 29.6 Å². The normalized spacial score (nSPS) is 14.2. The van der Waals surface area contributed by atoms with Crippen molar-refractivity contribution < 1.29 is 17.6 Å². The van der Waals surface area contributed by atoms with Gasteiger partial charge in [0.2, 0.25) is 5.76 Å². The molecule has 0 radical (unpaired) electrons. The lowest BCUT2D eigenvalue weighted by Crippen LogP contribution is -2.23. The van der Waals surface area contributed by atoms with E-state index in [-0.39, 0.29) is 17.7 Å². The average molecular weight is 360 g/mol. The van der Waals surface area contributed by atoms with Crippen LogP contribution < -0.4 is 5.56 Å². The van der Waals surface area contributed by atoms with Gasteiger partial charge in [-0.25, -0.2) is 0 Å². The standard InChI is InChI=1S/C19H15F3N2O2/c1-11-7-12-3-4-13(8-15(12)24-17(11)25)18(2,10-23)9-14-5-6-16(26-14)19(20,21)22/h3-8H,9H2,1-2H3,(H,24,25). The molecule has 1 atom stereocenters. The van der Waals surface area contributed by atoms with Crippen molar-refractivity contribution in [3.63, 3.8) is 0 Å². The second-order valence-corrected chi connectivity index (χ2v) is 6.47. The van der Waals surface area contributed by atoms with Gasteiger partial charge in [-0.3, -0.25) is 4.79 Å². The number of nitriles is 1. The first-order valence-electron chi connectivity index (χ1n) is 7.84. The molecule has 1 aromatic carbocycles. The van der Waals surface area contributed by atoms with Crippen molar-refractivity contribution >= 4 is 10.9 Å². The maximum atomic E-state index is 12.7. The van der Waals surface area contributed by atoms with Crippen LogP contribution in [0.2, 0.25) is 0 Å². The smallest absolute Gasteiger partial charge is 0.449 e. The van der Waals surface area contributed by atoms with Crippen LogP contribution >= 0.6 is 0 Å². The van der Waals surface area contributed by atoms with Gasteiger partial charge in [0, 0.05) is 17.5 Å². The Morgan fingerprint density at radius 2 is 1.92 bits per heavy atom. The summed E-state index contributed by atoms with van der Waals surface area (Å²) in [4.78, 5) is 14.6. The summed E-state index contributed by atoms with van der Waals surface area (Å²) < 4.78 is 42.9. The lowest BCUT2D eigenvalue weighted by Gasteiger charge is -2.21. The van der Waals surface area contributed by atoms with E-state index in [2.05, 4.69) is 11.1 Å². The van der Waals surface area contributed by atoms with E-state index in [1.807, 2.05) is 0 Å². The van der Waals surface area contributed by atoms with Crippen LogP contribution in [0.15, 0.2) is 45.6 Å². The molecule has 3 rings (SSSR count). The summed E-state index contributed by atoms with van der Waals surface area (Å²) in [5, 5.41) is 10.5. The maximum absolute atomic E-state index is 12.7. The Labute approximate surface area is 146 Å². The highest BCUT2D eigenvalue weighted by Crippen LogP contribution is 2.34. The molecule has 0 saturated carbocycles. The summed E-state index contributed by atoms with van der Waals surface area (Å²) in [5.74, 6) is -1.02. The minimum atomic E-state index is -4.57. The number of nitrogens with one attached hydrogen (secondary N) is 1. The van der Waals surface area contributed by atoms with E-state index in [1.54, 1.807) is 38.1 Å². The van der Waals surface area contributed by atoms with Crippen molar-refractivity contribution in [1.82, 2.24) is 4.98 Å². The third-order valence-electron chi connectivity index (χ3n) is 4.38. The Balaban J connectivity index is 2.00. The molecular weight excluding hydrogens is 345 g/mol. The van der Waals surface area contributed by atoms with E-state index in [4.69, 9.17) is 4.42 Å². The number of alkyl halides is 3. The number of fused-ring (bicyclic) bond motifs is 1. The predicted octanol–water partition coefficient (Wildman–Crippen LogP) is 4.47. The number of pyridine rings is 1. The second kappa shape index (κ2) is 6.06. The van der Waals surface area contributed by atoms with E-state index in [1.165, 1.54) is 6.07 Å². The van der Waals surface area contributed by atoms with E-state index < -0.39 is 17.4 Å². The fourth-order valence-corrected chi connectivity index (χ4v) is 2.83. The first-order chi connectivity index (χ1) is 12.1. The average Bonchev–Trinajstić information content (AvgIpc) is 3.04. The predicted molar refractivity (Wildman–Crippen MR) is 89.7 cm³/mol. The molecule has 0 aliphatic heterocycles. The summed E-state index contributed by atoms with van der Waals surface area (Å²) >= 11 is 0. The molecule has 0 aliphatic rings. The molecular formula is C19H15F3N2O2. The highest BCUT2D eigenvalue weighted by atomic mass is 19.4. The number of benzene rings is 1. The van der Waals surface area contributed by atoms with E-state index in [9.17, 15) is 23.2 Å². The Morgan fingerprint density at radius 3 is 2.54 bits per heavy atom. The van der Waals surface area contributed by atoms with Crippen molar-refractivity contribution in [2.75, 3.05) is 0 Å². The topological polar surface area (TPSA) is 69.8 Å². The highest BCUT2D eigenvalue weighted by molar-refractivity contribution is 5.80. The number of H-pyrrole nitrogens is 1. The zero-order valence-corrected chi connectivity index (χ0v) is 14.1. The zero-order chi connectivity index (χ0) is 19.1. The number of aromatic nitrogens is 1. The van der Waals surface area contributed by atoms with Crippen molar-refractivity contribution in [3.8, 4) is 6.07 Å². The molecule has 3 aromatic rings. The number of aryl methyl sites for hydroxylation is 1. The van der Waals surface area contributed by atoms with Crippen LogP contribution in [0.4, 0.5) is 13.2 Å². The monoisotopic (exact) mass is 360 g/mol. The number of nitrogens with zero attached hydrogens (tertiary/aromatic N) is 1. The highest BCUT2D eigenvalue weighted by Gasteiger charge is 2.36. The SMILES string of the molecule is Cc1cc2ccc(C(C)(C#N)Cc3ccc(C(F)(F)F)o3)cc2[nH]c1=O. The molecule has 134 valence electrons. The summed E-state index contributed by atoms with van der Waals surface area (Å²) in [6, 6.07) is 11.1. The molecule has 0 saturated heterocycles. The zero-order valence-electron chi connectivity index (χ0n) is 14.1. The van der Waals surface area contributed by atoms with Gasteiger partial charge in [-0.15, -0.1) is 0 Å². The molecule has 4 nitrogen and oxygen atoms in total. The molecule has 0 spiro atoms. The van der Waals surface area contributed by atoms with Crippen molar-refractivity contribution in [3.05, 3.63) is 69.4 Å². The van der Waals surface area contributed by atoms with E-state index in [0.29, 0.717) is 16.6 Å². The van der Waals surface area contributed by atoms with Crippen LogP contribution in [0.3, 0.4) is 0 Å². The van der Waals surface area contributed by atoms with Crippen molar-refractivity contribution in [1.29, 1.82) is 5.26 Å². The summed E-state index contributed by atoms with van der Waals surface area (Å²) in [7, 11) is 0. The van der Waals surface area contributed by atoms with Gasteiger partial charge in [-0.05, 0) is 49.1 Å². The first kappa shape index (κ1) is 17.8. The Kier molecular flexibility index (Phi) is 4.15. The Hall–Kier alpha value is -3.01. The third kappa shape index (κ3) is 3.23. The largest absolute Gasteiger partial charge is 0.456 e.